The van der Waals surface area contributed by atoms with Crippen molar-refractivity contribution >= 4 is 22.9 Å². The number of hydrogen-bond donors (Lipinski definition) is 0. The highest BCUT2D eigenvalue weighted by molar-refractivity contribution is 7.09. The van der Waals surface area contributed by atoms with Crippen LogP contribution in [0.15, 0.2) is 60.0 Å². The number of amides is 1. The number of nitrogens with zero attached hydrogens (tertiary/aromatic N) is 1. The minimum atomic E-state index is -0.147. The van der Waals surface area contributed by atoms with E-state index >= 15 is 0 Å². The molecule has 6 nitrogen and oxygen atoms in total. The normalized spacial score (nSPS) is 12.3. The van der Waals surface area contributed by atoms with Crippen LogP contribution in [0.5, 0.6) is 23.0 Å². The van der Waals surface area contributed by atoms with Gasteiger partial charge in [-0.3, -0.25) is 4.79 Å². The maximum atomic E-state index is 13.0. The lowest BCUT2D eigenvalue weighted by Crippen LogP contribution is -2.34. The average Bonchev–Trinajstić information content (AvgIpc) is 3.29. The first-order valence-corrected chi connectivity index (χ1v) is 10.1. The molecule has 0 saturated heterocycles. The van der Waals surface area contributed by atoms with Crippen molar-refractivity contribution in [1.29, 1.82) is 0 Å². The van der Waals surface area contributed by atoms with Gasteiger partial charge in [-0.15, -0.1) is 11.3 Å². The summed E-state index contributed by atoms with van der Waals surface area (Å²) in [5.41, 5.74) is 0.742. The largest absolute Gasteiger partial charge is 0.497 e. The van der Waals surface area contributed by atoms with Crippen molar-refractivity contribution in [1.82, 2.24) is 0 Å². The Morgan fingerprint density at radius 1 is 1.03 bits per heavy atom. The molecular weight excluding hydrogens is 390 g/mol. The van der Waals surface area contributed by atoms with Gasteiger partial charge >= 0.3 is 0 Å². The first-order valence-electron chi connectivity index (χ1n) is 9.22. The Morgan fingerprint density at radius 3 is 2.52 bits per heavy atom. The predicted octanol–water partition coefficient (Wildman–Crippen LogP) is 4.14. The molecular formula is C22H21NO5S. The quantitative estimate of drug-likeness (QED) is 0.585. The molecule has 0 spiro atoms. The molecule has 3 aromatic rings. The van der Waals surface area contributed by atoms with Crippen molar-refractivity contribution < 1.29 is 23.7 Å². The molecule has 0 N–H and O–H groups in total. The topological polar surface area (TPSA) is 57.2 Å². The summed E-state index contributed by atoms with van der Waals surface area (Å²) in [5.74, 6) is 2.54. The van der Waals surface area contributed by atoms with E-state index in [0.29, 0.717) is 37.0 Å². The minimum Gasteiger partial charge on any atom is -0.497 e. The van der Waals surface area contributed by atoms with Gasteiger partial charge in [0.2, 0.25) is 0 Å². The molecule has 1 aliphatic heterocycles. The van der Waals surface area contributed by atoms with Crippen LogP contribution in [0.25, 0.3) is 0 Å². The molecule has 0 bridgehead atoms. The maximum absolute atomic E-state index is 13.0. The summed E-state index contributed by atoms with van der Waals surface area (Å²) in [6, 6.07) is 16.7. The number of fused-ring (bicyclic) bond motifs is 1. The molecule has 0 unspecified atom stereocenters. The zero-order chi connectivity index (χ0) is 20.1. The van der Waals surface area contributed by atoms with Gasteiger partial charge in [0.15, 0.2) is 18.1 Å². The lowest BCUT2D eigenvalue weighted by molar-refractivity contribution is -0.120. The Kier molecular flexibility index (Phi) is 5.86. The van der Waals surface area contributed by atoms with Crippen molar-refractivity contribution in [2.24, 2.45) is 0 Å². The van der Waals surface area contributed by atoms with Crippen molar-refractivity contribution in [2.45, 2.75) is 6.54 Å². The number of hydrogen-bond acceptors (Lipinski definition) is 6. The number of ether oxygens (including phenoxy) is 4. The minimum absolute atomic E-state index is 0.0772. The highest BCUT2D eigenvalue weighted by atomic mass is 32.1. The number of methoxy groups -OCH3 is 1. The Balaban J connectivity index is 1.52. The lowest BCUT2D eigenvalue weighted by Gasteiger charge is -2.25. The van der Waals surface area contributed by atoms with Crippen LogP contribution in [0.4, 0.5) is 5.69 Å². The molecule has 1 aliphatic rings. The SMILES string of the molecule is COc1ccc(OCC(=O)N(Cc2cccs2)c2ccc3c(c2)OCCO3)cc1. The summed E-state index contributed by atoms with van der Waals surface area (Å²) in [5, 5.41) is 2.00. The van der Waals surface area contributed by atoms with Crippen LogP contribution in [-0.2, 0) is 11.3 Å². The molecule has 0 saturated carbocycles. The lowest BCUT2D eigenvalue weighted by atomic mass is 10.2. The van der Waals surface area contributed by atoms with E-state index in [9.17, 15) is 4.79 Å². The van der Waals surface area contributed by atoms with E-state index < -0.39 is 0 Å². The number of anilines is 1. The molecule has 0 fully saturated rings. The van der Waals surface area contributed by atoms with E-state index in [0.717, 1.165) is 16.3 Å². The Labute approximate surface area is 173 Å². The van der Waals surface area contributed by atoms with Gasteiger partial charge in [-0.25, -0.2) is 0 Å². The van der Waals surface area contributed by atoms with E-state index in [1.165, 1.54) is 0 Å². The molecule has 0 atom stereocenters. The summed E-state index contributed by atoms with van der Waals surface area (Å²) >= 11 is 1.61. The number of carbonyl (C=O) groups is 1. The van der Waals surface area contributed by atoms with Gasteiger partial charge in [0.05, 0.1) is 13.7 Å². The van der Waals surface area contributed by atoms with Gasteiger partial charge in [0.25, 0.3) is 5.91 Å². The highest BCUT2D eigenvalue weighted by Crippen LogP contribution is 2.34. The van der Waals surface area contributed by atoms with Gasteiger partial charge in [-0.1, -0.05) is 6.07 Å². The third-order valence-electron chi connectivity index (χ3n) is 4.45. The van der Waals surface area contributed by atoms with Crippen LogP contribution in [0.3, 0.4) is 0 Å². The Bertz CT molecular complexity index is 956. The van der Waals surface area contributed by atoms with E-state index in [1.54, 1.807) is 47.6 Å². The van der Waals surface area contributed by atoms with Crippen LogP contribution in [0, 0.1) is 0 Å². The van der Waals surface area contributed by atoms with Crippen LogP contribution in [0.2, 0.25) is 0 Å². The van der Waals surface area contributed by atoms with Crippen LogP contribution >= 0.6 is 11.3 Å². The summed E-state index contributed by atoms with van der Waals surface area (Å²) in [7, 11) is 1.61. The smallest absolute Gasteiger partial charge is 0.265 e. The molecule has 1 aromatic heterocycles. The zero-order valence-electron chi connectivity index (χ0n) is 16.0. The Morgan fingerprint density at radius 2 is 1.79 bits per heavy atom. The second-order valence-corrected chi connectivity index (χ2v) is 7.38. The third-order valence-corrected chi connectivity index (χ3v) is 5.32. The van der Waals surface area contributed by atoms with Crippen molar-refractivity contribution in [3.63, 3.8) is 0 Å². The summed E-state index contributed by atoms with van der Waals surface area (Å²) in [6.07, 6.45) is 0. The molecule has 150 valence electrons. The number of carbonyl (C=O) groups excluding carboxylic acids is 1. The highest BCUT2D eigenvalue weighted by Gasteiger charge is 2.21. The molecule has 0 radical (unpaired) electrons. The van der Waals surface area contributed by atoms with Gasteiger partial charge in [0.1, 0.15) is 24.7 Å². The monoisotopic (exact) mass is 411 g/mol. The molecule has 7 heteroatoms. The van der Waals surface area contributed by atoms with Crippen molar-refractivity contribution in [3.8, 4) is 23.0 Å². The molecule has 2 aromatic carbocycles. The van der Waals surface area contributed by atoms with E-state index in [2.05, 4.69) is 0 Å². The van der Waals surface area contributed by atoms with Crippen molar-refractivity contribution in [3.05, 3.63) is 64.9 Å². The van der Waals surface area contributed by atoms with E-state index in [-0.39, 0.29) is 12.5 Å². The second-order valence-electron chi connectivity index (χ2n) is 6.35. The third kappa shape index (κ3) is 4.63. The van der Waals surface area contributed by atoms with Crippen LogP contribution < -0.4 is 23.8 Å². The van der Waals surface area contributed by atoms with Crippen LogP contribution in [-0.4, -0.2) is 32.8 Å². The fraction of sp³-hybridized carbons (Fsp3) is 0.227. The summed E-state index contributed by atoms with van der Waals surface area (Å²) in [4.78, 5) is 15.8. The van der Waals surface area contributed by atoms with Crippen molar-refractivity contribution in [2.75, 3.05) is 31.8 Å². The maximum Gasteiger partial charge on any atom is 0.265 e. The second kappa shape index (κ2) is 8.87. The molecule has 1 amide bonds. The van der Waals surface area contributed by atoms with Gasteiger partial charge in [-0.2, -0.15) is 0 Å². The average molecular weight is 411 g/mol. The van der Waals surface area contributed by atoms with Gasteiger partial charge in [0, 0.05) is 16.6 Å². The number of benzene rings is 2. The summed E-state index contributed by atoms with van der Waals surface area (Å²) < 4.78 is 22.1. The zero-order valence-corrected chi connectivity index (χ0v) is 16.8. The number of rotatable bonds is 7. The number of thiophene rings is 1. The van der Waals surface area contributed by atoms with E-state index in [1.807, 2.05) is 35.7 Å². The predicted molar refractivity (Wildman–Crippen MR) is 111 cm³/mol. The van der Waals surface area contributed by atoms with Crippen LogP contribution in [0.1, 0.15) is 4.88 Å². The fourth-order valence-corrected chi connectivity index (χ4v) is 3.67. The molecule has 4 rings (SSSR count). The van der Waals surface area contributed by atoms with E-state index in [4.69, 9.17) is 18.9 Å². The fourth-order valence-electron chi connectivity index (χ4n) is 2.98. The molecule has 29 heavy (non-hydrogen) atoms. The first-order chi connectivity index (χ1) is 14.2. The summed E-state index contributed by atoms with van der Waals surface area (Å²) in [6.45, 7) is 1.41. The first kappa shape index (κ1) is 19.1. The van der Waals surface area contributed by atoms with Gasteiger partial charge < -0.3 is 23.8 Å². The molecule has 2 heterocycles. The Hall–Kier alpha value is -3.19. The standard InChI is InChI=1S/C22H21NO5S/c1-25-17-5-7-18(8-6-17)28-15-22(24)23(14-19-3-2-12-29-19)16-4-9-20-21(13-16)27-11-10-26-20/h2-9,12-13H,10-11,14-15H2,1H3. The molecule has 0 aliphatic carbocycles. The van der Waals surface area contributed by atoms with Gasteiger partial charge in [-0.05, 0) is 47.8 Å².